The lowest BCUT2D eigenvalue weighted by Crippen LogP contribution is -2.68. The fourth-order valence-corrected chi connectivity index (χ4v) is 7.20. The van der Waals surface area contributed by atoms with Gasteiger partial charge in [0.25, 0.3) is 11.1 Å². The van der Waals surface area contributed by atoms with Gasteiger partial charge in [0.05, 0.1) is 30.2 Å². The number of ketones is 1. The van der Waals surface area contributed by atoms with Crippen molar-refractivity contribution < 1.29 is 61.9 Å². The Morgan fingerprint density at radius 3 is 2.33 bits per heavy atom. The fourth-order valence-electron chi connectivity index (χ4n) is 5.30. The molecule has 3 aromatic heterocycles. The molecule has 7 heterocycles. The molecule has 0 spiro atoms. The van der Waals surface area contributed by atoms with Crippen molar-refractivity contribution in [3.8, 4) is 0 Å². The molecule has 0 bridgehead atoms. The van der Waals surface area contributed by atoms with E-state index in [1.165, 1.54) is 12.1 Å². The number of carbonyl (C=O) groups is 1. The molecule has 7 rings (SSSR count). The van der Waals surface area contributed by atoms with Crippen LogP contribution in [-0.2, 0) is 38.4 Å². The number of rotatable bonds is 2. The lowest BCUT2D eigenvalue weighted by Gasteiger charge is -2.52. The van der Waals surface area contributed by atoms with Gasteiger partial charge in [0.15, 0.2) is 17.7 Å². The van der Waals surface area contributed by atoms with Crippen molar-refractivity contribution in [2.24, 2.45) is 5.92 Å². The minimum Gasteiger partial charge on any atom is -0.387 e. The van der Waals surface area contributed by atoms with Crippen molar-refractivity contribution in [2.75, 3.05) is 30.0 Å². The van der Waals surface area contributed by atoms with E-state index in [-0.39, 0.29) is 77.0 Å². The zero-order chi connectivity index (χ0) is 34.1. The Balaban J connectivity index is 0.000000184. The second-order valence-corrected chi connectivity index (χ2v) is 13.5. The van der Waals surface area contributed by atoms with Crippen molar-refractivity contribution in [3.05, 3.63) is 44.1 Å². The number of hydrogen-bond acceptors (Lipinski definition) is 19. The average Bonchev–Trinajstić information content (AvgIpc) is 2.98. The minimum absolute atomic E-state index is 0. The van der Waals surface area contributed by atoms with Crippen LogP contribution in [0, 0.1) is 5.92 Å². The van der Waals surface area contributed by atoms with Crippen LogP contribution >= 0.6 is 39.6 Å². The van der Waals surface area contributed by atoms with E-state index in [9.17, 15) is 48.6 Å². The fraction of sp³-hybridized carbons (Fsp3) is 0.455. The molecule has 3 aromatic rings. The summed E-state index contributed by atoms with van der Waals surface area (Å²) in [5.74, 6) is -4.47. The number of nitrogens with one attached hydrogen (secondary N) is 3. The van der Waals surface area contributed by atoms with Crippen LogP contribution in [0.15, 0.2) is 21.7 Å². The third kappa shape index (κ3) is 7.02. The molecule has 4 aliphatic heterocycles. The number of nitrogens with two attached hydrogens (primary N) is 2. The molecule has 12 N–H and O–H groups in total. The number of aromatic amines is 2. The molecule has 3 saturated heterocycles. The van der Waals surface area contributed by atoms with Crippen molar-refractivity contribution in [2.45, 2.75) is 42.9 Å². The molecule has 26 heteroatoms. The molecule has 23 nitrogen and oxygen atoms in total. The first kappa shape index (κ1) is 36.3. The van der Waals surface area contributed by atoms with Crippen LogP contribution in [-0.4, -0.2) is 105 Å². The number of phosphoric ester groups is 2. The van der Waals surface area contributed by atoms with Crippen LogP contribution < -0.4 is 27.9 Å². The van der Waals surface area contributed by atoms with Crippen LogP contribution in [0.3, 0.4) is 0 Å². The predicted molar refractivity (Wildman–Crippen MR) is 168 cm³/mol. The van der Waals surface area contributed by atoms with Crippen molar-refractivity contribution in [3.63, 3.8) is 0 Å². The molecule has 0 aromatic carbocycles. The summed E-state index contributed by atoms with van der Waals surface area (Å²) in [5.41, 5.74) is 9.68. The molecule has 3 fully saturated rings. The first-order valence-electron chi connectivity index (χ1n) is 13.4. The van der Waals surface area contributed by atoms with Gasteiger partial charge in [-0.05, 0) is 18.6 Å². The number of halogens is 1. The van der Waals surface area contributed by atoms with E-state index in [0.717, 1.165) is 0 Å². The number of nitrogen functional groups attached to an aromatic ring is 2. The van der Waals surface area contributed by atoms with E-state index in [1.807, 2.05) is 0 Å². The number of pyridine rings is 1. The van der Waals surface area contributed by atoms with Gasteiger partial charge >= 0.3 is 15.6 Å². The normalized spacial score (nSPS) is 33.4. The number of fused-ring (bicyclic) bond motifs is 4. The molecule has 0 saturated carbocycles. The third-order valence-corrected chi connectivity index (χ3v) is 9.40. The average molecular weight is 832 g/mol. The number of aromatic nitrogens is 5. The Labute approximate surface area is 283 Å². The Hall–Kier alpha value is -2.97. The van der Waals surface area contributed by atoms with E-state index in [2.05, 4.69) is 43.8 Å². The van der Waals surface area contributed by atoms with Gasteiger partial charge in [0.1, 0.15) is 29.9 Å². The molecule has 48 heavy (non-hydrogen) atoms. The zero-order valence-electron chi connectivity index (χ0n) is 23.9. The second-order valence-electron chi connectivity index (χ2n) is 10.6. The number of anilines is 3. The minimum atomic E-state index is -4.42. The molecule has 4 aliphatic rings. The molecule has 8 atom stereocenters. The van der Waals surface area contributed by atoms with Crippen molar-refractivity contribution in [1.82, 2.24) is 24.9 Å². The lowest BCUT2D eigenvalue weighted by molar-refractivity contribution is -0.337. The monoisotopic (exact) mass is 832 g/mol. The number of carbonyl (C=O) groups excluding carboxylic acids is 1. The molecule has 262 valence electrons. The first-order valence-corrected chi connectivity index (χ1v) is 16.4. The highest BCUT2D eigenvalue weighted by molar-refractivity contribution is 14.0. The van der Waals surface area contributed by atoms with Gasteiger partial charge in [-0.2, -0.15) is 4.98 Å². The summed E-state index contributed by atoms with van der Waals surface area (Å²) in [7, 11) is -8.83. The maximum atomic E-state index is 12.3. The van der Waals surface area contributed by atoms with Crippen molar-refractivity contribution in [1.29, 1.82) is 0 Å². The Morgan fingerprint density at radius 2 is 1.60 bits per heavy atom. The topological polar surface area (TPSA) is 367 Å². The summed E-state index contributed by atoms with van der Waals surface area (Å²) in [6.45, 7) is -0.902. The van der Waals surface area contributed by atoms with E-state index in [0.29, 0.717) is 0 Å². The molecule has 0 amide bonds. The van der Waals surface area contributed by atoms with Crippen LogP contribution in [0.2, 0.25) is 0 Å². The second kappa shape index (κ2) is 13.1. The first-order chi connectivity index (χ1) is 21.9. The summed E-state index contributed by atoms with van der Waals surface area (Å²) >= 11 is 0. The summed E-state index contributed by atoms with van der Waals surface area (Å²) in [4.78, 5) is 71.0. The van der Waals surface area contributed by atoms with Crippen LogP contribution in [0.25, 0.3) is 11.0 Å². The highest BCUT2D eigenvalue weighted by atomic mass is 127. The SMILES string of the molecule is I.Nc1nc2c(c(=O)[nH]1)C[C@@H]1[C@H](N2)O[C@@H]2COP(=O)(O)O[C@@H]2C1(O)O.Nc1nc2ccc(C(=O)[C@H]3OP(=O)(O)OC[C@H]3O)nc2c(=O)[nH]1. The van der Waals surface area contributed by atoms with Gasteiger partial charge < -0.3 is 46.6 Å². The summed E-state index contributed by atoms with van der Waals surface area (Å²) < 4.78 is 47.0. The molecule has 2 unspecified atom stereocenters. The molecular formula is C22H27IN8O15P2. The van der Waals surface area contributed by atoms with Gasteiger partial charge in [-0.3, -0.25) is 42.4 Å². The summed E-state index contributed by atoms with van der Waals surface area (Å²) in [5, 5.41) is 33.6. The number of Topliss-reactive ketones (excluding diaryl/α,β-unsaturated/α-hetero) is 1. The van der Waals surface area contributed by atoms with Gasteiger partial charge in [-0.15, -0.1) is 24.0 Å². The van der Waals surface area contributed by atoms with Crippen molar-refractivity contribution >= 4 is 74.2 Å². The number of nitrogens with zero attached hydrogens (tertiary/aromatic N) is 3. The predicted octanol–water partition coefficient (Wildman–Crippen LogP) is -2.56. The quantitative estimate of drug-likeness (QED) is 0.0549. The molecule has 0 radical (unpaired) electrons. The van der Waals surface area contributed by atoms with Crippen LogP contribution in [0.4, 0.5) is 17.7 Å². The van der Waals surface area contributed by atoms with Gasteiger partial charge in [-0.25, -0.2) is 19.1 Å². The largest absolute Gasteiger partial charge is 0.473 e. The Bertz CT molecular complexity index is 1980. The number of aliphatic hydroxyl groups is 3. The zero-order valence-corrected chi connectivity index (χ0v) is 28.0. The highest BCUT2D eigenvalue weighted by Gasteiger charge is 2.61. The molecular weight excluding hydrogens is 805 g/mol. The maximum Gasteiger partial charge on any atom is 0.473 e. The van der Waals surface area contributed by atoms with E-state index >= 15 is 0 Å². The summed E-state index contributed by atoms with van der Waals surface area (Å²) in [6.07, 6.45) is -6.61. The van der Waals surface area contributed by atoms with Crippen LogP contribution in [0.5, 0.6) is 0 Å². The number of phosphoric acid groups is 2. The van der Waals surface area contributed by atoms with Crippen LogP contribution in [0.1, 0.15) is 16.1 Å². The number of hydrogen-bond donors (Lipinski definition) is 10. The van der Waals surface area contributed by atoms with Gasteiger partial charge in [0, 0.05) is 0 Å². The Kier molecular flexibility index (Phi) is 9.88. The number of H-pyrrole nitrogens is 2. The Morgan fingerprint density at radius 1 is 0.958 bits per heavy atom. The smallest absolute Gasteiger partial charge is 0.387 e. The summed E-state index contributed by atoms with van der Waals surface area (Å²) in [6, 6.07) is 2.58. The molecule has 0 aliphatic carbocycles. The highest BCUT2D eigenvalue weighted by Crippen LogP contribution is 2.54. The van der Waals surface area contributed by atoms with Gasteiger partial charge in [-0.1, -0.05) is 0 Å². The van der Waals surface area contributed by atoms with E-state index in [1.54, 1.807) is 0 Å². The third-order valence-electron chi connectivity index (χ3n) is 7.46. The number of ether oxygens (including phenoxy) is 1. The maximum absolute atomic E-state index is 12.3. The van der Waals surface area contributed by atoms with E-state index in [4.69, 9.17) is 20.7 Å². The van der Waals surface area contributed by atoms with Gasteiger partial charge in [0.2, 0.25) is 23.5 Å². The lowest BCUT2D eigenvalue weighted by atomic mass is 9.80. The standard InChI is InChI=1S/C11H15N4O8P.C11H11N4O7P.HI/c12-10-14-7-3(8(16)15-10)1-4-9(13-7)22-5-2-21-24(19,20)23-6(5)11(4,17)18;12-11-14-4-1-2-5(13-7(4)10(18)15-11)8(17)9-6(16)3-21-23(19,20)22-9;/h4-6,9,17-18H,1-2H2,(H,19,20)(H4,12,13,14,15,16);1-2,6,9,16H,3H2,(H,19,20)(H3,12,14,15,18);1H/t4-,5-,6+,9-;6-,9+;/m11./s1. The number of aliphatic hydroxyl groups excluding tert-OH is 1. The van der Waals surface area contributed by atoms with E-state index < -0.39 is 81.5 Å².